The van der Waals surface area contributed by atoms with E-state index in [9.17, 15) is 9.59 Å². The molecule has 0 aliphatic carbocycles. The predicted octanol–water partition coefficient (Wildman–Crippen LogP) is 0.901. The zero-order valence-corrected chi connectivity index (χ0v) is 13.8. The van der Waals surface area contributed by atoms with Crippen LogP contribution in [0.5, 0.6) is 0 Å². The fourth-order valence-corrected chi connectivity index (χ4v) is 2.44. The lowest BCUT2D eigenvalue weighted by Gasteiger charge is -2.15. The van der Waals surface area contributed by atoms with Gasteiger partial charge < -0.3 is 9.47 Å². The molecule has 23 heavy (non-hydrogen) atoms. The van der Waals surface area contributed by atoms with E-state index in [1.807, 2.05) is 30.3 Å². The van der Waals surface area contributed by atoms with Crippen LogP contribution in [-0.4, -0.2) is 37.6 Å². The van der Waals surface area contributed by atoms with Crippen molar-refractivity contribution in [2.75, 3.05) is 13.2 Å². The van der Waals surface area contributed by atoms with Crippen LogP contribution in [0.3, 0.4) is 0 Å². The van der Waals surface area contributed by atoms with Gasteiger partial charge in [0.2, 0.25) is 0 Å². The largest absolute Gasteiger partial charge is 0.462 e. The van der Waals surface area contributed by atoms with Crippen molar-refractivity contribution >= 4 is 37.9 Å². The van der Waals surface area contributed by atoms with E-state index in [-0.39, 0.29) is 13.2 Å². The van der Waals surface area contributed by atoms with E-state index < -0.39 is 20.2 Å². The second kappa shape index (κ2) is 11.1. The highest BCUT2D eigenvalue weighted by atomic mass is 31.1. The first kappa shape index (κ1) is 18.6. The van der Waals surface area contributed by atoms with E-state index in [1.165, 1.54) is 0 Å². The second-order valence-corrected chi connectivity index (χ2v) is 5.48. The lowest BCUT2D eigenvalue weighted by atomic mass is 10.4. The molecule has 0 bridgehead atoms. The summed E-state index contributed by atoms with van der Waals surface area (Å²) in [5.41, 5.74) is 0. The Bertz CT molecular complexity index is 521. The Hall–Kier alpha value is -2.47. The molecular formula is C14H19N4O4P. The summed E-state index contributed by atoms with van der Waals surface area (Å²) in [7, 11) is -1.25. The van der Waals surface area contributed by atoms with Crippen LogP contribution in [0.2, 0.25) is 0 Å². The number of nitrogens with one attached hydrogen (secondary N) is 2. The highest BCUT2D eigenvalue weighted by Crippen LogP contribution is 2.23. The van der Waals surface area contributed by atoms with Crippen molar-refractivity contribution in [2.45, 2.75) is 13.8 Å². The van der Waals surface area contributed by atoms with Crippen LogP contribution >= 0.6 is 8.22 Å². The number of esters is 2. The molecule has 0 aliphatic rings. The molecule has 0 heterocycles. The highest BCUT2D eigenvalue weighted by molar-refractivity contribution is 7.61. The van der Waals surface area contributed by atoms with Crippen LogP contribution < -0.4 is 15.7 Å². The third-order valence-corrected chi connectivity index (χ3v) is 3.69. The first-order chi connectivity index (χ1) is 11.2. The van der Waals surface area contributed by atoms with Gasteiger partial charge in [-0.2, -0.15) is 10.2 Å². The lowest BCUT2D eigenvalue weighted by Crippen LogP contribution is -2.21. The molecule has 8 nitrogen and oxygen atoms in total. The molecule has 0 aliphatic heterocycles. The number of carbonyl (C=O) groups excluding carboxylic acids is 2. The molecule has 0 atom stereocenters. The molecule has 0 aromatic heterocycles. The molecule has 0 radical (unpaired) electrons. The van der Waals surface area contributed by atoms with Gasteiger partial charge in [0.15, 0.2) is 8.22 Å². The monoisotopic (exact) mass is 338 g/mol. The number of ether oxygens (including phenoxy) is 2. The van der Waals surface area contributed by atoms with E-state index in [0.717, 1.165) is 17.7 Å². The maximum atomic E-state index is 11.2. The van der Waals surface area contributed by atoms with Crippen molar-refractivity contribution in [3.8, 4) is 0 Å². The zero-order chi connectivity index (χ0) is 16.9. The third-order valence-electron chi connectivity index (χ3n) is 2.24. The normalized spacial score (nSPS) is 10.9. The van der Waals surface area contributed by atoms with Crippen molar-refractivity contribution < 1.29 is 19.1 Å². The summed E-state index contributed by atoms with van der Waals surface area (Å²) in [5, 5.41) is 14.1. The first-order valence-corrected chi connectivity index (χ1v) is 8.27. The van der Waals surface area contributed by atoms with E-state index in [4.69, 9.17) is 9.47 Å². The van der Waals surface area contributed by atoms with Gasteiger partial charge in [0, 0.05) is 5.30 Å². The van der Waals surface area contributed by atoms with Gasteiger partial charge in [-0.05, 0) is 13.8 Å². The van der Waals surface area contributed by atoms with Crippen LogP contribution in [-0.2, 0) is 19.1 Å². The first-order valence-electron chi connectivity index (χ1n) is 6.93. The second-order valence-electron chi connectivity index (χ2n) is 3.89. The number of rotatable bonds is 9. The number of carbonyl (C=O) groups is 2. The molecule has 0 amide bonds. The van der Waals surface area contributed by atoms with E-state index in [2.05, 4.69) is 20.6 Å². The molecule has 0 saturated heterocycles. The lowest BCUT2D eigenvalue weighted by molar-refractivity contribution is -0.135. The average molecular weight is 338 g/mol. The number of hydrazone groups is 2. The molecule has 9 heteroatoms. The van der Waals surface area contributed by atoms with Gasteiger partial charge in [-0.3, -0.25) is 10.4 Å². The van der Waals surface area contributed by atoms with Crippen LogP contribution in [0, 0.1) is 0 Å². The molecule has 0 spiro atoms. The molecule has 124 valence electrons. The zero-order valence-electron chi connectivity index (χ0n) is 12.9. The predicted molar refractivity (Wildman–Crippen MR) is 89.5 cm³/mol. The minimum Gasteiger partial charge on any atom is -0.462 e. The van der Waals surface area contributed by atoms with Crippen LogP contribution in [0.4, 0.5) is 0 Å². The summed E-state index contributed by atoms with van der Waals surface area (Å²) >= 11 is 0. The standard InChI is InChI=1S/C14H19N4O4P/c1-3-21-13(19)10-15-17-23(12-8-6-5-7-9-12)18-16-11-14(20)22-4-2/h5-11,17-18H,3-4H2,1-2H3/b15-10+,16-11+. The smallest absolute Gasteiger partial charge is 0.351 e. The molecular weight excluding hydrogens is 319 g/mol. The Balaban J connectivity index is 2.67. The molecule has 1 aromatic carbocycles. The molecule has 1 rings (SSSR count). The fraction of sp³-hybridized carbons (Fsp3) is 0.286. The average Bonchev–Trinajstić information content (AvgIpc) is 2.55. The van der Waals surface area contributed by atoms with Crippen molar-refractivity contribution in [2.24, 2.45) is 10.2 Å². The van der Waals surface area contributed by atoms with Crippen LogP contribution in [0.25, 0.3) is 0 Å². The van der Waals surface area contributed by atoms with Gasteiger partial charge >= 0.3 is 11.9 Å². The minimum absolute atomic E-state index is 0.278. The summed E-state index contributed by atoms with van der Waals surface area (Å²) < 4.78 is 9.47. The van der Waals surface area contributed by atoms with E-state index in [0.29, 0.717) is 0 Å². The maximum Gasteiger partial charge on any atom is 0.351 e. The molecule has 2 N–H and O–H groups in total. The van der Waals surface area contributed by atoms with Gasteiger partial charge in [-0.1, -0.05) is 30.3 Å². The van der Waals surface area contributed by atoms with Gasteiger partial charge in [0.1, 0.15) is 12.4 Å². The van der Waals surface area contributed by atoms with Gasteiger partial charge in [0.25, 0.3) is 0 Å². The summed E-state index contributed by atoms with van der Waals surface area (Å²) in [6.07, 6.45) is 2.08. The number of hydrogen-bond donors (Lipinski definition) is 2. The Labute approximate surface area is 135 Å². The Morgan fingerprint density at radius 1 is 1.00 bits per heavy atom. The molecule has 1 aromatic rings. The van der Waals surface area contributed by atoms with Crippen molar-refractivity contribution in [3.63, 3.8) is 0 Å². The fourth-order valence-electron chi connectivity index (χ4n) is 1.35. The van der Waals surface area contributed by atoms with Crippen LogP contribution in [0.1, 0.15) is 13.8 Å². The van der Waals surface area contributed by atoms with Gasteiger partial charge in [-0.25, -0.2) is 9.59 Å². The Kier molecular flexibility index (Phi) is 9.00. The quantitative estimate of drug-likeness (QED) is 0.300. The third kappa shape index (κ3) is 7.92. The summed E-state index contributed by atoms with van der Waals surface area (Å²) in [6.45, 7) is 3.98. The summed E-state index contributed by atoms with van der Waals surface area (Å²) in [5.74, 6) is -1.09. The topological polar surface area (TPSA) is 101 Å². The van der Waals surface area contributed by atoms with Gasteiger partial charge in [-0.15, -0.1) is 0 Å². The Morgan fingerprint density at radius 3 is 1.91 bits per heavy atom. The SMILES string of the molecule is CCOC(=O)/C=N/NP(N/N=C/C(=O)OCC)c1ccccc1. The summed E-state index contributed by atoms with van der Waals surface area (Å²) in [4.78, 5) is 22.4. The molecule has 0 unspecified atom stereocenters. The number of hydrogen-bond acceptors (Lipinski definition) is 8. The van der Waals surface area contributed by atoms with E-state index >= 15 is 0 Å². The van der Waals surface area contributed by atoms with Crippen molar-refractivity contribution in [1.29, 1.82) is 0 Å². The van der Waals surface area contributed by atoms with Crippen molar-refractivity contribution in [3.05, 3.63) is 30.3 Å². The molecule has 0 fully saturated rings. The van der Waals surface area contributed by atoms with Crippen molar-refractivity contribution in [1.82, 2.24) is 10.4 Å². The highest BCUT2D eigenvalue weighted by Gasteiger charge is 2.09. The number of nitrogens with zero attached hydrogens (tertiary/aromatic N) is 2. The number of benzene rings is 1. The van der Waals surface area contributed by atoms with E-state index in [1.54, 1.807) is 13.8 Å². The maximum absolute atomic E-state index is 11.2. The Morgan fingerprint density at radius 2 is 1.48 bits per heavy atom. The van der Waals surface area contributed by atoms with Crippen LogP contribution in [0.15, 0.2) is 40.5 Å². The summed E-state index contributed by atoms with van der Waals surface area (Å²) in [6, 6.07) is 9.33. The minimum atomic E-state index is -1.25. The molecule has 0 saturated carbocycles. The van der Waals surface area contributed by atoms with Gasteiger partial charge in [0.05, 0.1) is 13.2 Å².